The largest absolute Gasteiger partial charge is 0.301 e. The fourth-order valence-electron chi connectivity index (χ4n) is 1.67. The van der Waals surface area contributed by atoms with Crippen molar-refractivity contribution in [2.75, 3.05) is 39.3 Å². The Bertz CT molecular complexity index is 165. The highest BCUT2D eigenvalue weighted by molar-refractivity contribution is 4.76. The average molecular weight is 180 g/mol. The Hall–Kier alpha value is -0.590. The molecule has 3 heteroatoms. The van der Waals surface area contributed by atoms with Gasteiger partial charge in [-0.25, -0.2) is 0 Å². The lowest BCUT2D eigenvalue weighted by Crippen LogP contribution is -2.46. The van der Waals surface area contributed by atoms with Gasteiger partial charge < -0.3 is 4.90 Å². The molecule has 1 saturated heterocycles. The summed E-state index contributed by atoms with van der Waals surface area (Å²) in [5.74, 6) is 0. The highest BCUT2D eigenvalue weighted by atomic mass is 15.3. The van der Waals surface area contributed by atoms with Gasteiger partial charge in [0.1, 0.15) is 0 Å². The maximum atomic E-state index is 8.44. The van der Waals surface area contributed by atoms with E-state index in [1.54, 1.807) is 0 Å². The molecule has 0 N–H and O–H groups in total. The van der Waals surface area contributed by atoms with Crippen LogP contribution in [-0.4, -0.2) is 49.1 Å². The number of nitrogens with zero attached hydrogens (tertiary/aromatic N) is 3. The van der Waals surface area contributed by atoms with Crippen LogP contribution in [0.5, 0.6) is 0 Å². The number of nitriles is 1. The summed E-state index contributed by atoms with van der Waals surface area (Å²) in [5.41, 5.74) is 0. The van der Waals surface area contributed by atoms with Crippen molar-refractivity contribution in [3.8, 4) is 6.07 Å². The third-order valence-electron chi connectivity index (χ3n) is 2.48. The molecule has 1 aliphatic heterocycles. The molecule has 1 heterocycles. The second kappa shape index (κ2) is 5.95. The predicted molar refractivity (Wildman–Crippen MR) is 53.1 cm³/mol. The zero-order chi connectivity index (χ0) is 9.52. The Morgan fingerprint density at radius 1 is 1.08 bits per heavy atom. The molecular formula is C10H18N3. The molecule has 0 spiro atoms. The summed E-state index contributed by atoms with van der Waals surface area (Å²) in [4.78, 5) is 4.80. The molecule has 1 rings (SSSR count). The van der Waals surface area contributed by atoms with Crippen LogP contribution in [0.1, 0.15) is 12.8 Å². The summed E-state index contributed by atoms with van der Waals surface area (Å²) >= 11 is 0. The Morgan fingerprint density at radius 3 is 2.08 bits per heavy atom. The van der Waals surface area contributed by atoms with E-state index in [0.717, 1.165) is 45.7 Å². The Morgan fingerprint density at radius 2 is 1.62 bits per heavy atom. The minimum atomic E-state index is 0.662. The van der Waals surface area contributed by atoms with E-state index in [1.807, 2.05) is 0 Å². The summed E-state index contributed by atoms with van der Waals surface area (Å²) in [7, 11) is 0. The molecule has 0 aromatic carbocycles. The molecule has 0 aliphatic carbocycles. The van der Waals surface area contributed by atoms with Crippen molar-refractivity contribution in [1.82, 2.24) is 9.80 Å². The number of hydrogen-bond acceptors (Lipinski definition) is 3. The van der Waals surface area contributed by atoms with Crippen molar-refractivity contribution < 1.29 is 0 Å². The van der Waals surface area contributed by atoms with Crippen LogP contribution < -0.4 is 0 Å². The Labute approximate surface area is 80.9 Å². The molecular weight excluding hydrogens is 162 g/mol. The normalized spacial score (nSPS) is 20.0. The van der Waals surface area contributed by atoms with Crippen molar-refractivity contribution in [2.24, 2.45) is 0 Å². The number of rotatable bonds is 4. The fourth-order valence-corrected chi connectivity index (χ4v) is 1.67. The second-order valence-electron chi connectivity index (χ2n) is 3.44. The molecule has 0 aromatic heterocycles. The van der Waals surface area contributed by atoms with E-state index in [9.17, 15) is 0 Å². The minimum Gasteiger partial charge on any atom is -0.301 e. The molecule has 1 aliphatic rings. The van der Waals surface area contributed by atoms with Crippen LogP contribution in [0.4, 0.5) is 0 Å². The monoisotopic (exact) mass is 180 g/mol. The maximum Gasteiger partial charge on any atom is 0.0635 e. The molecule has 0 saturated carbocycles. The zero-order valence-electron chi connectivity index (χ0n) is 8.21. The number of hydrogen-bond donors (Lipinski definition) is 0. The van der Waals surface area contributed by atoms with E-state index in [-0.39, 0.29) is 0 Å². The Balaban J connectivity index is 2.12. The van der Waals surface area contributed by atoms with Gasteiger partial charge in [-0.2, -0.15) is 5.26 Å². The summed E-state index contributed by atoms with van der Waals surface area (Å²) in [6, 6.07) is 2.19. The summed E-state index contributed by atoms with van der Waals surface area (Å²) in [5, 5.41) is 8.44. The van der Waals surface area contributed by atoms with Crippen LogP contribution in [0.25, 0.3) is 0 Å². The van der Waals surface area contributed by atoms with Crippen LogP contribution in [0, 0.1) is 18.3 Å². The molecule has 1 radical (unpaired) electrons. The van der Waals surface area contributed by atoms with Gasteiger partial charge in [-0.3, -0.25) is 4.90 Å². The molecule has 13 heavy (non-hydrogen) atoms. The van der Waals surface area contributed by atoms with E-state index in [4.69, 9.17) is 5.26 Å². The lowest BCUT2D eigenvalue weighted by atomic mass is 10.3. The highest BCUT2D eigenvalue weighted by Crippen LogP contribution is 2.02. The van der Waals surface area contributed by atoms with Crippen molar-refractivity contribution in [1.29, 1.82) is 5.26 Å². The van der Waals surface area contributed by atoms with Crippen molar-refractivity contribution in [3.63, 3.8) is 0 Å². The molecule has 73 valence electrons. The van der Waals surface area contributed by atoms with Gasteiger partial charge in [-0.1, -0.05) is 6.92 Å². The van der Waals surface area contributed by atoms with Gasteiger partial charge in [0.2, 0.25) is 0 Å². The van der Waals surface area contributed by atoms with Gasteiger partial charge in [0.05, 0.1) is 6.07 Å². The van der Waals surface area contributed by atoms with Crippen LogP contribution >= 0.6 is 0 Å². The van der Waals surface area contributed by atoms with E-state index < -0.39 is 0 Å². The van der Waals surface area contributed by atoms with Gasteiger partial charge in [-0.05, 0) is 13.0 Å². The number of piperazine rings is 1. The first kappa shape index (κ1) is 10.5. The first-order chi connectivity index (χ1) is 6.36. The van der Waals surface area contributed by atoms with Crippen LogP contribution in [0.15, 0.2) is 0 Å². The smallest absolute Gasteiger partial charge is 0.0635 e. The topological polar surface area (TPSA) is 30.3 Å². The van der Waals surface area contributed by atoms with Crippen LogP contribution in [0.3, 0.4) is 0 Å². The molecule has 0 amide bonds. The molecule has 0 unspecified atom stereocenters. The van der Waals surface area contributed by atoms with E-state index >= 15 is 0 Å². The molecule has 1 fully saturated rings. The summed E-state index contributed by atoms with van der Waals surface area (Å²) in [6.45, 7) is 10.4. The quantitative estimate of drug-likeness (QED) is 0.639. The summed E-state index contributed by atoms with van der Waals surface area (Å²) in [6.07, 6.45) is 1.66. The highest BCUT2D eigenvalue weighted by Gasteiger charge is 2.14. The maximum absolute atomic E-state index is 8.44. The fraction of sp³-hybridized carbons (Fsp3) is 0.800. The van der Waals surface area contributed by atoms with E-state index in [0.29, 0.717) is 6.42 Å². The standard InChI is InChI=1S/C10H18N3/c1-2-5-12-7-9-13(10-8-12)6-3-4-11/h1-3,5-10H2. The third kappa shape index (κ3) is 3.75. The van der Waals surface area contributed by atoms with Gasteiger partial charge in [0, 0.05) is 39.1 Å². The SMILES string of the molecule is [CH2]CCN1CCN(CCC#N)CC1. The zero-order valence-corrected chi connectivity index (χ0v) is 8.21. The minimum absolute atomic E-state index is 0.662. The van der Waals surface area contributed by atoms with E-state index in [2.05, 4.69) is 22.8 Å². The average Bonchev–Trinajstić information content (AvgIpc) is 2.17. The Kier molecular flexibility index (Phi) is 4.81. The first-order valence-electron chi connectivity index (χ1n) is 4.97. The van der Waals surface area contributed by atoms with Crippen molar-refractivity contribution in [3.05, 3.63) is 6.92 Å². The van der Waals surface area contributed by atoms with Crippen LogP contribution in [0.2, 0.25) is 0 Å². The second-order valence-corrected chi connectivity index (χ2v) is 3.44. The lowest BCUT2D eigenvalue weighted by Gasteiger charge is -2.33. The van der Waals surface area contributed by atoms with Crippen LogP contribution in [-0.2, 0) is 0 Å². The molecule has 3 nitrogen and oxygen atoms in total. The van der Waals surface area contributed by atoms with Gasteiger partial charge >= 0.3 is 0 Å². The molecule has 0 aromatic rings. The first-order valence-corrected chi connectivity index (χ1v) is 4.97. The van der Waals surface area contributed by atoms with Gasteiger partial charge in [0.15, 0.2) is 0 Å². The lowest BCUT2D eigenvalue weighted by molar-refractivity contribution is 0.136. The summed E-state index contributed by atoms with van der Waals surface area (Å²) < 4.78 is 0. The van der Waals surface area contributed by atoms with E-state index in [1.165, 1.54) is 0 Å². The van der Waals surface area contributed by atoms with Crippen molar-refractivity contribution in [2.45, 2.75) is 12.8 Å². The van der Waals surface area contributed by atoms with Crippen molar-refractivity contribution >= 4 is 0 Å². The molecule has 0 bridgehead atoms. The predicted octanol–water partition coefficient (Wildman–Crippen LogP) is 0.742. The third-order valence-corrected chi connectivity index (χ3v) is 2.48. The van der Waals surface area contributed by atoms with Gasteiger partial charge in [0.25, 0.3) is 0 Å². The molecule has 0 atom stereocenters. The van der Waals surface area contributed by atoms with Gasteiger partial charge in [-0.15, -0.1) is 0 Å².